The Kier molecular flexibility index (Phi) is 7.46. The lowest BCUT2D eigenvalue weighted by Gasteiger charge is -2.13. The van der Waals surface area contributed by atoms with E-state index in [9.17, 15) is 4.79 Å². The SMILES string of the molecule is CC(C)Cn1c(SCC(=O)Nc2ccccc2Cl)nnc1-c1ccc(Cl)cc1Cl. The van der Waals surface area contributed by atoms with Crippen molar-refractivity contribution in [2.24, 2.45) is 5.92 Å². The first-order valence-corrected chi connectivity index (χ1v) is 11.0. The quantitative estimate of drug-likeness (QED) is 0.413. The van der Waals surface area contributed by atoms with Crippen molar-refractivity contribution >= 4 is 58.2 Å². The number of anilines is 1. The molecule has 0 aliphatic carbocycles. The number of benzene rings is 2. The van der Waals surface area contributed by atoms with Gasteiger partial charge in [-0.2, -0.15) is 0 Å². The van der Waals surface area contributed by atoms with Gasteiger partial charge in [-0.15, -0.1) is 10.2 Å². The summed E-state index contributed by atoms with van der Waals surface area (Å²) >= 11 is 19.8. The van der Waals surface area contributed by atoms with Gasteiger partial charge in [0.15, 0.2) is 11.0 Å². The van der Waals surface area contributed by atoms with Crippen LogP contribution in [0.3, 0.4) is 0 Å². The van der Waals surface area contributed by atoms with E-state index in [-0.39, 0.29) is 11.7 Å². The van der Waals surface area contributed by atoms with Crippen LogP contribution < -0.4 is 5.32 Å². The molecule has 3 rings (SSSR count). The number of thioether (sulfide) groups is 1. The lowest BCUT2D eigenvalue weighted by atomic mass is 10.2. The Hall–Kier alpha value is -1.73. The van der Waals surface area contributed by atoms with E-state index >= 15 is 0 Å². The molecule has 1 N–H and O–H groups in total. The van der Waals surface area contributed by atoms with Crippen molar-refractivity contribution in [1.29, 1.82) is 0 Å². The highest BCUT2D eigenvalue weighted by Gasteiger charge is 2.19. The van der Waals surface area contributed by atoms with Gasteiger partial charge in [0.1, 0.15) is 0 Å². The van der Waals surface area contributed by atoms with Gasteiger partial charge in [-0.3, -0.25) is 4.79 Å². The van der Waals surface area contributed by atoms with Crippen molar-refractivity contribution in [3.63, 3.8) is 0 Å². The number of nitrogens with one attached hydrogen (secondary N) is 1. The first-order chi connectivity index (χ1) is 13.8. The topological polar surface area (TPSA) is 59.8 Å². The van der Waals surface area contributed by atoms with Crippen LogP contribution in [0, 0.1) is 5.92 Å². The van der Waals surface area contributed by atoms with E-state index in [4.69, 9.17) is 34.8 Å². The minimum absolute atomic E-state index is 0.173. The summed E-state index contributed by atoms with van der Waals surface area (Å²) in [4.78, 5) is 12.4. The van der Waals surface area contributed by atoms with E-state index in [1.165, 1.54) is 11.8 Å². The molecule has 1 heterocycles. The van der Waals surface area contributed by atoms with E-state index in [0.717, 1.165) is 5.56 Å². The predicted octanol–water partition coefficient (Wildman–Crippen LogP) is 6.29. The van der Waals surface area contributed by atoms with Gasteiger partial charge in [0.05, 0.1) is 21.5 Å². The highest BCUT2D eigenvalue weighted by atomic mass is 35.5. The molecule has 0 saturated carbocycles. The van der Waals surface area contributed by atoms with Crippen molar-refractivity contribution in [1.82, 2.24) is 14.8 Å². The zero-order valence-corrected chi connectivity index (χ0v) is 18.9. The fraction of sp³-hybridized carbons (Fsp3) is 0.250. The van der Waals surface area contributed by atoms with Crippen LogP contribution in [-0.4, -0.2) is 26.4 Å². The average molecular weight is 470 g/mol. The van der Waals surface area contributed by atoms with Crippen molar-refractivity contribution in [3.8, 4) is 11.4 Å². The summed E-state index contributed by atoms with van der Waals surface area (Å²) in [6, 6.07) is 12.4. The second kappa shape index (κ2) is 9.85. The Morgan fingerprint density at radius 1 is 1.10 bits per heavy atom. The zero-order valence-electron chi connectivity index (χ0n) is 15.8. The van der Waals surface area contributed by atoms with Crippen LogP contribution >= 0.6 is 46.6 Å². The van der Waals surface area contributed by atoms with Gasteiger partial charge < -0.3 is 9.88 Å². The lowest BCUT2D eigenvalue weighted by Crippen LogP contribution is -2.15. The molecule has 1 amide bonds. The maximum atomic E-state index is 12.4. The molecule has 9 heteroatoms. The van der Waals surface area contributed by atoms with Gasteiger partial charge in [-0.25, -0.2) is 0 Å². The maximum Gasteiger partial charge on any atom is 0.234 e. The van der Waals surface area contributed by atoms with E-state index in [2.05, 4.69) is 29.4 Å². The van der Waals surface area contributed by atoms with Crippen LogP contribution in [0.5, 0.6) is 0 Å². The molecule has 1 aromatic heterocycles. The van der Waals surface area contributed by atoms with Crippen LogP contribution in [0.1, 0.15) is 13.8 Å². The molecule has 0 aliphatic heterocycles. The molecule has 2 aromatic carbocycles. The molecule has 29 heavy (non-hydrogen) atoms. The van der Waals surface area contributed by atoms with E-state index in [1.54, 1.807) is 24.3 Å². The van der Waals surface area contributed by atoms with Gasteiger partial charge in [0, 0.05) is 17.1 Å². The molecular formula is C20H19Cl3N4OS. The number of hydrogen-bond acceptors (Lipinski definition) is 4. The third kappa shape index (κ3) is 5.66. The first kappa shape index (κ1) is 22.0. The van der Waals surface area contributed by atoms with Crippen molar-refractivity contribution < 1.29 is 4.79 Å². The van der Waals surface area contributed by atoms with Crippen LogP contribution in [-0.2, 0) is 11.3 Å². The van der Waals surface area contributed by atoms with Crippen molar-refractivity contribution in [3.05, 3.63) is 57.5 Å². The van der Waals surface area contributed by atoms with Gasteiger partial charge >= 0.3 is 0 Å². The van der Waals surface area contributed by atoms with Gasteiger partial charge in [-0.05, 0) is 36.2 Å². The molecule has 0 unspecified atom stereocenters. The fourth-order valence-corrected chi connectivity index (χ4v) is 4.10. The Morgan fingerprint density at radius 2 is 1.86 bits per heavy atom. The first-order valence-electron chi connectivity index (χ1n) is 8.91. The van der Waals surface area contributed by atoms with Crippen LogP contribution in [0.4, 0.5) is 5.69 Å². The van der Waals surface area contributed by atoms with E-state index in [0.29, 0.717) is 44.2 Å². The Labute approximate surface area is 188 Å². The minimum atomic E-state index is -0.173. The molecule has 0 aliphatic rings. The standard InChI is InChI=1S/C20H19Cl3N4OS/c1-12(2)10-27-19(14-8-7-13(21)9-16(14)23)25-26-20(27)29-11-18(28)24-17-6-4-3-5-15(17)22/h3-9,12H,10-11H2,1-2H3,(H,24,28). The molecule has 3 aromatic rings. The van der Waals surface area contributed by atoms with E-state index < -0.39 is 0 Å². The molecule has 0 saturated heterocycles. The minimum Gasteiger partial charge on any atom is -0.324 e. The maximum absolute atomic E-state index is 12.4. The third-order valence-corrected chi connectivity index (χ3v) is 5.76. The Bertz CT molecular complexity index is 1020. The van der Waals surface area contributed by atoms with Crippen LogP contribution in [0.25, 0.3) is 11.4 Å². The molecule has 0 radical (unpaired) electrons. The Balaban J connectivity index is 1.79. The van der Waals surface area contributed by atoms with E-state index in [1.807, 2.05) is 22.8 Å². The predicted molar refractivity (Wildman–Crippen MR) is 121 cm³/mol. The van der Waals surface area contributed by atoms with Crippen LogP contribution in [0.2, 0.25) is 15.1 Å². The number of carbonyl (C=O) groups is 1. The smallest absolute Gasteiger partial charge is 0.234 e. The molecule has 0 bridgehead atoms. The van der Waals surface area contributed by atoms with Gasteiger partial charge in [0.2, 0.25) is 5.91 Å². The number of aromatic nitrogens is 3. The summed E-state index contributed by atoms with van der Waals surface area (Å²) in [6.45, 7) is 4.90. The van der Waals surface area contributed by atoms with Crippen LogP contribution in [0.15, 0.2) is 47.6 Å². The van der Waals surface area contributed by atoms with Gasteiger partial charge in [0.25, 0.3) is 0 Å². The fourth-order valence-electron chi connectivity index (χ4n) is 2.67. The summed E-state index contributed by atoms with van der Waals surface area (Å²) < 4.78 is 1.98. The molecule has 152 valence electrons. The molecule has 0 atom stereocenters. The third-order valence-electron chi connectivity index (χ3n) is 3.92. The van der Waals surface area contributed by atoms with Gasteiger partial charge in [-0.1, -0.05) is 72.5 Å². The largest absolute Gasteiger partial charge is 0.324 e. The second-order valence-corrected chi connectivity index (χ2v) is 8.94. The summed E-state index contributed by atoms with van der Waals surface area (Å²) in [7, 11) is 0. The average Bonchev–Trinajstić information content (AvgIpc) is 3.03. The number of hydrogen-bond donors (Lipinski definition) is 1. The lowest BCUT2D eigenvalue weighted by molar-refractivity contribution is -0.113. The molecule has 0 fully saturated rings. The number of nitrogens with zero attached hydrogens (tertiary/aromatic N) is 3. The van der Waals surface area contributed by atoms with Crippen molar-refractivity contribution in [2.75, 3.05) is 11.1 Å². The van der Waals surface area contributed by atoms with Crippen molar-refractivity contribution in [2.45, 2.75) is 25.5 Å². The molecule has 5 nitrogen and oxygen atoms in total. The normalized spacial score (nSPS) is 11.1. The Morgan fingerprint density at radius 3 is 2.55 bits per heavy atom. The monoisotopic (exact) mass is 468 g/mol. The number of para-hydroxylation sites is 1. The molecular weight excluding hydrogens is 451 g/mol. The number of amides is 1. The summed E-state index contributed by atoms with van der Waals surface area (Å²) in [5, 5.41) is 13.6. The summed E-state index contributed by atoms with van der Waals surface area (Å²) in [6.07, 6.45) is 0. The summed E-state index contributed by atoms with van der Waals surface area (Å²) in [5.74, 6) is 1.00. The second-order valence-electron chi connectivity index (χ2n) is 6.75. The highest BCUT2D eigenvalue weighted by Crippen LogP contribution is 2.32. The number of carbonyl (C=O) groups excluding carboxylic acids is 1. The summed E-state index contributed by atoms with van der Waals surface area (Å²) in [5.41, 5.74) is 1.33. The number of halogens is 3. The number of rotatable bonds is 7. The zero-order chi connectivity index (χ0) is 21.0. The molecule has 0 spiro atoms. The highest BCUT2D eigenvalue weighted by molar-refractivity contribution is 7.99.